The lowest BCUT2D eigenvalue weighted by molar-refractivity contribution is 0.0950. The van der Waals surface area contributed by atoms with Crippen molar-refractivity contribution in [3.63, 3.8) is 0 Å². The highest BCUT2D eigenvalue weighted by Gasteiger charge is 2.08. The average Bonchev–Trinajstić information content (AvgIpc) is 2.67. The first-order valence-electron chi connectivity index (χ1n) is 7.90. The van der Waals surface area contributed by atoms with Crippen molar-refractivity contribution < 1.29 is 13.9 Å². The highest BCUT2D eigenvalue weighted by atomic mass is 19.1. The van der Waals surface area contributed by atoms with Crippen LogP contribution in [0, 0.1) is 5.95 Å². The van der Waals surface area contributed by atoms with Gasteiger partial charge in [-0.2, -0.15) is 4.39 Å². The summed E-state index contributed by atoms with van der Waals surface area (Å²) in [6.45, 7) is 0.405. The van der Waals surface area contributed by atoms with Crippen molar-refractivity contribution in [3.8, 4) is 5.75 Å². The summed E-state index contributed by atoms with van der Waals surface area (Å²) in [4.78, 5) is 30.4. The van der Waals surface area contributed by atoms with Gasteiger partial charge in [-0.25, -0.2) is 4.98 Å². The lowest BCUT2D eigenvalue weighted by atomic mass is 10.2. The third kappa shape index (κ3) is 4.54. The number of aromatic nitrogens is 2. The molecule has 7 heteroatoms. The molecule has 0 bridgehead atoms. The van der Waals surface area contributed by atoms with Crippen LogP contribution in [0.1, 0.15) is 21.6 Å². The molecule has 3 aromatic rings. The van der Waals surface area contributed by atoms with Gasteiger partial charge >= 0.3 is 0 Å². The van der Waals surface area contributed by atoms with Gasteiger partial charge in [-0.05, 0) is 17.7 Å². The number of halogens is 1. The number of carbonyl (C=O) groups excluding carboxylic acids is 1. The van der Waals surface area contributed by atoms with Crippen LogP contribution < -0.4 is 15.5 Å². The molecule has 0 fully saturated rings. The standard InChI is InChI=1S/C19H16FN3O3/c20-18-7-6-14(9-22-18)19(25)23-10-15-8-16(24)17(11-21-15)26-12-13-4-2-1-3-5-13/h1-9,11H,10,12H2,(H,21,24)(H,23,25). The zero-order valence-electron chi connectivity index (χ0n) is 13.7. The highest BCUT2D eigenvalue weighted by Crippen LogP contribution is 2.07. The Kier molecular flexibility index (Phi) is 5.38. The number of aromatic amines is 1. The van der Waals surface area contributed by atoms with Crippen LogP contribution in [0.4, 0.5) is 4.39 Å². The van der Waals surface area contributed by atoms with E-state index in [0.717, 1.165) is 17.8 Å². The van der Waals surface area contributed by atoms with Crippen LogP contribution in [0.2, 0.25) is 0 Å². The molecule has 2 N–H and O–H groups in total. The van der Waals surface area contributed by atoms with Gasteiger partial charge in [0.15, 0.2) is 5.75 Å². The van der Waals surface area contributed by atoms with Gasteiger partial charge in [0.05, 0.1) is 12.1 Å². The summed E-state index contributed by atoms with van der Waals surface area (Å²) in [7, 11) is 0. The number of nitrogens with zero attached hydrogens (tertiary/aromatic N) is 1. The number of pyridine rings is 2. The van der Waals surface area contributed by atoms with Crippen LogP contribution >= 0.6 is 0 Å². The maximum atomic E-state index is 12.8. The Morgan fingerprint density at radius 2 is 2.00 bits per heavy atom. The summed E-state index contributed by atoms with van der Waals surface area (Å²) >= 11 is 0. The number of benzene rings is 1. The molecule has 0 unspecified atom stereocenters. The monoisotopic (exact) mass is 353 g/mol. The van der Waals surface area contributed by atoms with E-state index in [-0.39, 0.29) is 29.9 Å². The maximum Gasteiger partial charge on any atom is 0.253 e. The molecular weight excluding hydrogens is 337 g/mol. The lowest BCUT2D eigenvalue weighted by Crippen LogP contribution is -2.24. The molecular formula is C19H16FN3O3. The smallest absolute Gasteiger partial charge is 0.253 e. The second-order valence-corrected chi connectivity index (χ2v) is 5.51. The fourth-order valence-corrected chi connectivity index (χ4v) is 2.24. The van der Waals surface area contributed by atoms with E-state index >= 15 is 0 Å². The number of hydrogen-bond donors (Lipinski definition) is 2. The Labute approximate surface area is 148 Å². The van der Waals surface area contributed by atoms with Gasteiger partial charge in [0.2, 0.25) is 11.4 Å². The zero-order chi connectivity index (χ0) is 18.4. The molecule has 1 aromatic carbocycles. The minimum atomic E-state index is -0.656. The number of amides is 1. The van der Waals surface area contributed by atoms with E-state index in [1.165, 1.54) is 18.3 Å². The largest absolute Gasteiger partial charge is 0.483 e. The summed E-state index contributed by atoms with van der Waals surface area (Å²) < 4.78 is 18.3. The molecule has 0 radical (unpaired) electrons. The van der Waals surface area contributed by atoms with Gasteiger partial charge in [-0.1, -0.05) is 30.3 Å². The topological polar surface area (TPSA) is 84.1 Å². The minimum absolute atomic E-state index is 0.115. The number of ether oxygens (including phenoxy) is 1. The average molecular weight is 353 g/mol. The predicted octanol–water partition coefficient (Wildman–Crippen LogP) is 2.42. The lowest BCUT2D eigenvalue weighted by Gasteiger charge is -2.08. The van der Waals surface area contributed by atoms with Crippen LogP contribution in [-0.4, -0.2) is 15.9 Å². The first-order valence-corrected chi connectivity index (χ1v) is 7.90. The maximum absolute atomic E-state index is 12.8. The van der Waals surface area contributed by atoms with Crippen LogP contribution in [0.25, 0.3) is 0 Å². The van der Waals surface area contributed by atoms with Gasteiger partial charge in [0.1, 0.15) is 6.61 Å². The summed E-state index contributed by atoms with van der Waals surface area (Å²) in [5, 5.41) is 2.63. The molecule has 0 atom stereocenters. The Bertz CT molecular complexity index is 940. The quantitative estimate of drug-likeness (QED) is 0.667. The molecule has 6 nitrogen and oxygen atoms in total. The van der Waals surface area contributed by atoms with E-state index in [1.54, 1.807) is 0 Å². The van der Waals surface area contributed by atoms with Gasteiger partial charge in [0.25, 0.3) is 5.91 Å². The van der Waals surface area contributed by atoms with E-state index in [0.29, 0.717) is 5.69 Å². The third-order valence-electron chi connectivity index (χ3n) is 3.60. The normalized spacial score (nSPS) is 10.3. The molecule has 2 heterocycles. The molecule has 0 aliphatic carbocycles. The van der Waals surface area contributed by atoms with Crippen molar-refractivity contribution in [1.82, 2.24) is 15.3 Å². The van der Waals surface area contributed by atoms with Crippen LogP contribution in [0.3, 0.4) is 0 Å². The number of hydrogen-bond acceptors (Lipinski definition) is 4. The van der Waals surface area contributed by atoms with Crippen molar-refractivity contribution in [3.05, 3.63) is 93.9 Å². The number of H-pyrrole nitrogens is 1. The summed E-state index contributed by atoms with van der Waals surface area (Å²) in [5.74, 6) is -0.869. The fourth-order valence-electron chi connectivity index (χ4n) is 2.24. The van der Waals surface area contributed by atoms with Gasteiger partial charge in [-0.3, -0.25) is 9.59 Å². The van der Waals surface area contributed by atoms with E-state index in [4.69, 9.17) is 4.74 Å². The van der Waals surface area contributed by atoms with E-state index < -0.39 is 11.9 Å². The first kappa shape index (κ1) is 17.3. The number of nitrogens with one attached hydrogen (secondary N) is 2. The third-order valence-corrected chi connectivity index (χ3v) is 3.60. The van der Waals surface area contributed by atoms with Crippen LogP contribution in [0.15, 0.2) is 65.7 Å². The molecule has 0 aliphatic heterocycles. The van der Waals surface area contributed by atoms with Gasteiger partial charge in [0, 0.05) is 24.2 Å². The highest BCUT2D eigenvalue weighted by molar-refractivity contribution is 5.93. The molecule has 0 saturated heterocycles. The Balaban J connectivity index is 1.58. The van der Waals surface area contributed by atoms with Crippen LogP contribution in [0.5, 0.6) is 5.75 Å². The molecule has 1 amide bonds. The van der Waals surface area contributed by atoms with Crippen molar-refractivity contribution >= 4 is 5.91 Å². The molecule has 0 saturated carbocycles. The summed E-state index contributed by atoms with van der Waals surface area (Å²) in [6, 6.07) is 13.3. The van der Waals surface area contributed by atoms with E-state index in [1.807, 2.05) is 30.3 Å². The zero-order valence-corrected chi connectivity index (χ0v) is 13.7. The van der Waals surface area contributed by atoms with Crippen molar-refractivity contribution in [2.24, 2.45) is 0 Å². The predicted molar refractivity (Wildman–Crippen MR) is 93.2 cm³/mol. The van der Waals surface area contributed by atoms with Gasteiger partial charge < -0.3 is 15.0 Å². The molecule has 26 heavy (non-hydrogen) atoms. The van der Waals surface area contributed by atoms with Crippen molar-refractivity contribution in [2.45, 2.75) is 13.2 Å². The van der Waals surface area contributed by atoms with E-state index in [2.05, 4.69) is 15.3 Å². The fraction of sp³-hybridized carbons (Fsp3) is 0.105. The molecule has 0 aliphatic rings. The molecule has 132 valence electrons. The van der Waals surface area contributed by atoms with Crippen molar-refractivity contribution in [1.29, 1.82) is 0 Å². The van der Waals surface area contributed by atoms with Gasteiger partial charge in [-0.15, -0.1) is 0 Å². The molecule has 2 aromatic heterocycles. The summed E-state index contributed by atoms with van der Waals surface area (Å²) in [6.07, 6.45) is 2.61. The molecule has 0 spiro atoms. The Hall–Kier alpha value is -3.48. The first-order chi connectivity index (χ1) is 12.6. The van der Waals surface area contributed by atoms with Crippen LogP contribution in [-0.2, 0) is 13.2 Å². The Morgan fingerprint density at radius 1 is 1.19 bits per heavy atom. The minimum Gasteiger partial charge on any atom is -0.483 e. The number of carbonyl (C=O) groups is 1. The number of rotatable bonds is 6. The second kappa shape index (κ2) is 8.06. The van der Waals surface area contributed by atoms with Crippen molar-refractivity contribution in [2.75, 3.05) is 0 Å². The SMILES string of the molecule is O=C(NCc1cc(=O)c(OCc2ccccc2)c[nH]1)c1ccc(F)nc1. The Morgan fingerprint density at radius 3 is 2.69 bits per heavy atom. The van der Waals surface area contributed by atoms with E-state index in [9.17, 15) is 14.0 Å². The second-order valence-electron chi connectivity index (χ2n) is 5.51. The summed E-state index contributed by atoms with van der Waals surface area (Å²) in [5.41, 5.74) is 1.42. The molecule has 3 rings (SSSR count).